The Balaban J connectivity index is 1.48. The minimum absolute atomic E-state index is 0.149. The molecule has 0 fully saturated rings. The summed E-state index contributed by atoms with van der Waals surface area (Å²) >= 11 is 0. The molecule has 0 saturated heterocycles. The molecule has 0 saturated carbocycles. The average Bonchev–Trinajstić information content (AvgIpc) is 3.55. The van der Waals surface area contributed by atoms with E-state index in [4.69, 9.17) is 34.8 Å². The Kier molecular flexibility index (Phi) is 3.51. The highest BCUT2D eigenvalue weighted by molar-refractivity contribution is 6.03. The number of hydrogen-bond donors (Lipinski definition) is 0. The Morgan fingerprint density at radius 1 is 0.610 bits per heavy atom. The number of allylic oxidation sites excluding steroid dienone is 2. The molecule has 4 nitrogen and oxygen atoms in total. The van der Waals surface area contributed by atoms with E-state index in [1.807, 2.05) is 48.6 Å². The predicted octanol–water partition coefficient (Wildman–Crippen LogP) is 8.52. The minimum Gasteiger partial charge on any atom is -0.485 e. The average molecular weight is 539 g/mol. The van der Waals surface area contributed by atoms with E-state index >= 15 is 0 Å². The van der Waals surface area contributed by atoms with Crippen LogP contribution in [0.2, 0.25) is 0 Å². The maximum atomic E-state index is 9.13. The highest BCUT2D eigenvalue weighted by Crippen LogP contribution is 2.47. The Hall–Kier alpha value is -5.35. The highest BCUT2D eigenvalue weighted by atomic mass is 16.5. The first-order chi connectivity index (χ1) is 24.9. The van der Waals surface area contributed by atoms with E-state index in [0.717, 1.165) is 5.56 Å². The fraction of sp³-hybridized carbons (Fsp3) is 0.0541. The van der Waals surface area contributed by atoms with Crippen LogP contribution in [0.3, 0.4) is 0 Å². The van der Waals surface area contributed by atoms with E-state index in [0.29, 0.717) is 16.9 Å². The van der Waals surface area contributed by atoms with Gasteiger partial charge < -0.3 is 4.74 Å². The fourth-order valence-electron chi connectivity index (χ4n) is 5.32. The SMILES string of the molecule is [2H]c1c([2H])c([2H])c(-c2c([2H])c([2H])c([2H])c3c(-c4nc(C5=CC=CC6Oc7ccccc7C56)nc(-c5ccccc5)n4)c([2H])c([2H])c([2H])c23)c([2H])c1[2H]. The summed E-state index contributed by atoms with van der Waals surface area (Å²) in [6.07, 6.45) is 5.29. The van der Waals surface area contributed by atoms with E-state index in [9.17, 15) is 0 Å². The Morgan fingerprint density at radius 2 is 1.32 bits per heavy atom. The van der Waals surface area contributed by atoms with Crippen molar-refractivity contribution in [2.75, 3.05) is 0 Å². The number of benzene rings is 5. The van der Waals surface area contributed by atoms with Gasteiger partial charge in [-0.2, -0.15) is 0 Å². The van der Waals surface area contributed by atoms with Crippen molar-refractivity contribution in [2.45, 2.75) is 12.0 Å². The molecule has 2 aliphatic rings. The summed E-state index contributed by atoms with van der Waals surface area (Å²) in [7, 11) is 0. The molecule has 2 atom stereocenters. The number of rotatable bonds is 4. The van der Waals surface area contributed by atoms with Gasteiger partial charge in [0.1, 0.15) is 11.9 Å². The van der Waals surface area contributed by atoms with E-state index in [1.54, 1.807) is 24.3 Å². The first-order valence-corrected chi connectivity index (χ1v) is 13.0. The molecule has 1 aliphatic heterocycles. The second-order valence-corrected chi connectivity index (χ2v) is 9.53. The molecule has 8 rings (SSSR count). The van der Waals surface area contributed by atoms with Gasteiger partial charge in [-0.1, -0.05) is 127 Å². The third kappa shape index (κ3) is 4.04. The van der Waals surface area contributed by atoms with E-state index in [2.05, 4.69) is 0 Å². The van der Waals surface area contributed by atoms with Crippen LogP contribution in [0.4, 0.5) is 0 Å². The summed E-state index contributed by atoms with van der Waals surface area (Å²) in [4.78, 5) is 14.4. The zero-order chi connectivity index (χ0) is 36.7. The van der Waals surface area contributed by atoms with Gasteiger partial charge in [-0.05, 0) is 34.0 Å². The van der Waals surface area contributed by atoms with Gasteiger partial charge >= 0.3 is 0 Å². The molecule has 2 heterocycles. The lowest BCUT2D eigenvalue weighted by Crippen LogP contribution is -2.20. The number of fused-ring (bicyclic) bond motifs is 4. The lowest BCUT2D eigenvalue weighted by molar-refractivity contribution is 0.271. The molecule has 0 amide bonds. The van der Waals surface area contributed by atoms with Gasteiger partial charge in [-0.15, -0.1) is 0 Å². The largest absolute Gasteiger partial charge is 0.485 e. The second-order valence-electron chi connectivity index (χ2n) is 9.53. The third-order valence-electron chi connectivity index (χ3n) is 7.16. The van der Waals surface area contributed by atoms with Crippen LogP contribution in [0.5, 0.6) is 5.75 Å². The van der Waals surface area contributed by atoms with Crippen LogP contribution in [0.25, 0.3) is 50.2 Å². The maximum Gasteiger partial charge on any atom is 0.164 e. The van der Waals surface area contributed by atoms with Crippen molar-refractivity contribution in [1.82, 2.24) is 15.0 Å². The first-order valence-electron chi connectivity index (χ1n) is 18.5. The van der Waals surface area contributed by atoms with Gasteiger partial charge in [-0.25, -0.2) is 15.0 Å². The lowest BCUT2D eigenvalue weighted by atomic mass is 9.84. The Labute approximate surface area is 253 Å². The molecule has 4 heteroatoms. The second kappa shape index (κ2) is 9.68. The van der Waals surface area contributed by atoms with Gasteiger partial charge in [0.05, 0.1) is 21.0 Å². The highest BCUT2D eigenvalue weighted by Gasteiger charge is 2.38. The van der Waals surface area contributed by atoms with E-state index < -0.39 is 77.6 Å². The predicted molar refractivity (Wildman–Crippen MR) is 164 cm³/mol. The quantitative estimate of drug-likeness (QED) is 0.226. The van der Waals surface area contributed by atoms with Gasteiger partial charge in [0.2, 0.25) is 0 Å². The normalized spacial score (nSPS) is 20.8. The van der Waals surface area contributed by atoms with Crippen LogP contribution in [-0.4, -0.2) is 21.1 Å². The van der Waals surface area contributed by atoms with Crippen molar-refractivity contribution in [3.05, 3.63) is 151 Å². The summed E-state index contributed by atoms with van der Waals surface area (Å²) < 4.78 is 102. The number of ether oxygens (including phenoxy) is 1. The monoisotopic (exact) mass is 538 g/mol. The third-order valence-corrected chi connectivity index (χ3v) is 7.16. The molecule has 6 aromatic rings. The van der Waals surface area contributed by atoms with Crippen molar-refractivity contribution >= 4 is 16.3 Å². The molecule has 194 valence electrons. The molecular formula is C37H25N3O. The molecule has 0 radical (unpaired) electrons. The van der Waals surface area contributed by atoms with Crippen molar-refractivity contribution in [3.63, 3.8) is 0 Å². The van der Waals surface area contributed by atoms with Crippen LogP contribution in [-0.2, 0) is 0 Å². The molecule has 41 heavy (non-hydrogen) atoms. The maximum absolute atomic E-state index is 9.13. The van der Waals surface area contributed by atoms with E-state index in [-0.39, 0.29) is 45.8 Å². The van der Waals surface area contributed by atoms with Crippen molar-refractivity contribution in [2.24, 2.45) is 0 Å². The summed E-state index contributed by atoms with van der Waals surface area (Å²) in [5.74, 6) is 0.685. The topological polar surface area (TPSA) is 47.9 Å². The molecule has 1 aliphatic carbocycles. The van der Waals surface area contributed by atoms with Crippen LogP contribution in [0.1, 0.15) is 32.4 Å². The van der Waals surface area contributed by atoms with Crippen LogP contribution < -0.4 is 4.74 Å². The summed E-state index contributed by atoms with van der Waals surface area (Å²) in [6.45, 7) is 0. The molecule has 1 aromatic heterocycles. The molecule has 0 bridgehead atoms. The smallest absolute Gasteiger partial charge is 0.164 e. The van der Waals surface area contributed by atoms with Crippen molar-refractivity contribution in [3.8, 4) is 39.7 Å². The van der Waals surface area contributed by atoms with E-state index in [1.165, 1.54) is 0 Å². The molecule has 2 unspecified atom stereocenters. The van der Waals surface area contributed by atoms with Gasteiger partial charge in [0.25, 0.3) is 0 Å². The minimum atomic E-state index is -0.694. The van der Waals surface area contributed by atoms with Gasteiger partial charge in [0, 0.05) is 22.3 Å². The number of hydrogen-bond acceptors (Lipinski definition) is 4. The van der Waals surface area contributed by atoms with Gasteiger partial charge in [0.15, 0.2) is 17.5 Å². The lowest BCUT2D eigenvalue weighted by Gasteiger charge is -2.22. The van der Waals surface area contributed by atoms with Crippen molar-refractivity contribution < 1.29 is 19.8 Å². The molecule has 5 aromatic carbocycles. The number of para-hydroxylation sites is 1. The molecule has 0 N–H and O–H groups in total. The molecule has 0 spiro atoms. The summed E-state index contributed by atoms with van der Waals surface area (Å²) in [5.41, 5.74) is 1.14. The summed E-state index contributed by atoms with van der Waals surface area (Å²) in [5, 5.41) is -0.545. The van der Waals surface area contributed by atoms with Crippen molar-refractivity contribution in [1.29, 1.82) is 0 Å². The number of aromatic nitrogens is 3. The standard InChI is InChI=1S/C37H25N3O/c1-3-12-24(13-4-1)26-17-9-19-28-27(26)18-10-20-29(28)36-38-35(25-14-5-2-6-15-25)39-37(40-36)31-21-11-23-33-34(31)30-16-7-8-22-32(30)41-33/h1-23,33-34H/i1D,3D,4D,9D,10D,12D,13D,17D,18D,19D,20D. The Morgan fingerprint density at radius 3 is 2.17 bits per heavy atom. The van der Waals surface area contributed by atoms with Crippen LogP contribution in [0.15, 0.2) is 139 Å². The molecular weight excluding hydrogens is 502 g/mol. The zero-order valence-electron chi connectivity index (χ0n) is 32.3. The van der Waals surface area contributed by atoms with Gasteiger partial charge in [-0.3, -0.25) is 0 Å². The number of nitrogens with zero attached hydrogens (tertiary/aromatic N) is 3. The Bertz CT molecular complexity index is 2560. The summed E-state index contributed by atoms with van der Waals surface area (Å²) in [6, 6.07) is 9.53. The zero-order valence-corrected chi connectivity index (χ0v) is 21.3. The van der Waals surface area contributed by atoms with Crippen LogP contribution in [0, 0.1) is 0 Å². The first kappa shape index (κ1) is 14.9. The van der Waals surface area contributed by atoms with Crippen LogP contribution >= 0.6 is 0 Å². The fourth-order valence-corrected chi connectivity index (χ4v) is 5.32.